The van der Waals surface area contributed by atoms with Crippen molar-refractivity contribution in [2.24, 2.45) is 0 Å². The van der Waals surface area contributed by atoms with Gasteiger partial charge in [0, 0.05) is 22.7 Å². The van der Waals surface area contributed by atoms with Gasteiger partial charge in [-0.2, -0.15) is 0 Å². The molecular formula is C26H22N4O3S2. The third-order valence-corrected chi connectivity index (χ3v) is 7.15. The maximum atomic E-state index is 12.7. The lowest BCUT2D eigenvalue weighted by Gasteiger charge is -2.10. The summed E-state index contributed by atoms with van der Waals surface area (Å²) in [6.45, 7) is 2.08. The van der Waals surface area contributed by atoms with E-state index in [9.17, 15) is 4.79 Å². The maximum absolute atomic E-state index is 12.7. The van der Waals surface area contributed by atoms with Crippen LogP contribution < -0.4 is 20.1 Å². The number of thiazole rings is 2. The highest BCUT2D eigenvalue weighted by Gasteiger charge is 2.14. The molecule has 0 fully saturated rings. The van der Waals surface area contributed by atoms with Crippen LogP contribution in [-0.4, -0.2) is 30.1 Å². The van der Waals surface area contributed by atoms with E-state index in [0.717, 1.165) is 26.5 Å². The molecule has 2 N–H and O–H groups in total. The number of hydrogen-bond donors (Lipinski definition) is 2. The summed E-state index contributed by atoms with van der Waals surface area (Å²) in [4.78, 5) is 21.9. The van der Waals surface area contributed by atoms with Gasteiger partial charge >= 0.3 is 0 Å². The number of nitrogens with one attached hydrogen (secondary N) is 2. The van der Waals surface area contributed by atoms with E-state index in [-0.39, 0.29) is 5.91 Å². The monoisotopic (exact) mass is 502 g/mol. The normalized spacial score (nSPS) is 10.8. The highest BCUT2D eigenvalue weighted by molar-refractivity contribution is 7.21. The minimum atomic E-state index is -0.279. The molecule has 0 radical (unpaired) electrons. The van der Waals surface area contributed by atoms with E-state index in [2.05, 4.69) is 34.7 Å². The van der Waals surface area contributed by atoms with Gasteiger partial charge in [-0.15, -0.1) is 22.7 Å². The standard InChI is InChI=1S/C26H22N4O3S2/c1-15-4-10-20-23(12-15)35-25(28-20)16-5-7-17(8-6-16)27-24(31)21-14-34-26(30-21)29-19-11-9-18(32-2)13-22(19)33-3/h4-14H,1-3H3,(H,27,31)(H,29,30). The second-order valence-electron chi connectivity index (χ2n) is 7.75. The summed E-state index contributed by atoms with van der Waals surface area (Å²) < 4.78 is 11.8. The molecule has 0 aliphatic rings. The molecule has 0 spiro atoms. The molecule has 5 aromatic rings. The van der Waals surface area contributed by atoms with Crippen LogP contribution in [0.15, 0.2) is 66.0 Å². The summed E-state index contributed by atoms with van der Waals surface area (Å²) in [5, 5.41) is 9.35. The topological polar surface area (TPSA) is 85.4 Å². The van der Waals surface area contributed by atoms with Crippen LogP contribution in [0, 0.1) is 6.92 Å². The SMILES string of the molecule is COc1ccc(Nc2nc(C(=O)Nc3ccc(-c4nc5ccc(C)cc5s4)cc3)cs2)c(OC)c1. The van der Waals surface area contributed by atoms with Crippen LogP contribution in [-0.2, 0) is 0 Å². The van der Waals surface area contributed by atoms with Crippen LogP contribution in [0.5, 0.6) is 11.5 Å². The predicted molar refractivity (Wildman–Crippen MR) is 143 cm³/mol. The first-order valence-corrected chi connectivity index (χ1v) is 12.5. The summed E-state index contributed by atoms with van der Waals surface area (Å²) in [5.74, 6) is 1.03. The third-order valence-electron chi connectivity index (χ3n) is 5.32. The lowest BCUT2D eigenvalue weighted by Crippen LogP contribution is -2.12. The van der Waals surface area contributed by atoms with E-state index >= 15 is 0 Å². The minimum Gasteiger partial charge on any atom is -0.497 e. The fourth-order valence-electron chi connectivity index (χ4n) is 3.50. The number of carbonyl (C=O) groups excluding carboxylic acids is 1. The van der Waals surface area contributed by atoms with Crippen LogP contribution >= 0.6 is 22.7 Å². The number of amides is 1. The molecule has 0 aliphatic heterocycles. The largest absolute Gasteiger partial charge is 0.497 e. The number of anilines is 3. The fourth-order valence-corrected chi connectivity index (χ4v) is 5.27. The van der Waals surface area contributed by atoms with Crippen LogP contribution in [0.4, 0.5) is 16.5 Å². The van der Waals surface area contributed by atoms with Crippen molar-refractivity contribution >= 4 is 55.3 Å². The second-order valence-corrected chi connectivity index (χ2v) is 9.64. The van der Waals surface area contributed by atoms with Gasteiger partial charge in [0.05, 0.1) is 30.1 Å². The van der Waals surface area contributed by atoms with Crippen molar-refractivity contribution in [2.45, 2.75) is 6.92 Å². The van der Waals surface area contributed by atoms with Gasteiger partial charge in [-0.05, 0) is 61.0 Å². The number of hydrogen-bond acceptors (Lipinski definition) is 8. The van der Waals surface area contributed by atoms with Crippen molar-refractivity contribution < 1.29 is 14.3 Å². The molecule has 0 aliphatic carbocycles. The predicted octanol–water partition coefficient (Wildman–Crippen LogP) is 6.74. The molecule has 0 saturated heterocycles. The molecule has 0 unspecified atom stereocenters. The van der Waals surface area contributed by atoms with Crippen LogP contribution in [0.2, 0.25) is 0 Å². The molecule has 3 aromatic carbocycles. The average Bonchev–Trinajstić information content (AvgIpc) is 3.51. The Bertz CT molecular complexity index is 1510. The van der Waals surface area contributed by atoms with Gasteiger partial charge in [-0.25, -0.2) is 9.97 Å². The highest BCUT2D eigenvalue weighted by Crippen LogP contribution is 2.33. The summed E-state index contributed by atoms with van der Waals surface area (Å²) in [5.41, 5.74) is 4.97. The zero-order valence-electron chi connectivity index (χ0n) is 19.3. The van der Waals surface area contributed by atoms with Gasteiger partial charge in [0.2, 0.25) is 0 Å². The number of carbonyl (C=O) groups is 1. The smallest absolute Gasteiger partial charge is 0.275 e. The Labute approximate surface area is 210 Å². The number of aromatic nitrogens is 2. The number of rotatable bonds is 7. The van der Waals surface area contributed by atoms with Crippen LogP contribution in [0.3, 0.4) is 0 Å². The first kappa shape index (κ1) is 22.8. The summed E-state index contributed by atoms with van der Waals surface area (Å²) in [7, 11) is 3.19. The number of aryl methyl sites for hydroxylation is 1. The molecule has 0 saturated carbocycles. The van der Waals surface area contributed by atoms with E-state index in [1.54, 1.807) is 37.0 Å². The van der Waals surface area contributed by atoms with Crippen molar-refractivity contribution in [3.05, 3.63) is 77.3 Å². The molecule has 176 valence electrons. The maximum Gasteiger partial charge on any atom is 0.275 e. The van der Waals surface area contributed by atoms with E-state index in [1.165, 1.54) is 16.9 Å². The number of ether oxygens (including phenoxy) is 2. The lowest BCUT2D eigenvalue weighted by molar-refractivity contribution is 0.102. The van der Waals surface area contributed by atoms with E-state index in [4.69, 9.17) is 14.5 Å². The molecule has 2 aromatic heterocycles. The molecule has 7 nitrogen and oxygen atoms in total. The Morgan fingerprint density at radius 1 is 0.943 bits per heavy atom. The zero-order chi connectivity index (χ0) is 24.4. The molecular weight excluding hydrogens is 480 g/mol. The Kier molecular flexibility index (Phi) is 6.35. The average molecular weight is 503 g/mol. The van der Waals surface area contributed by atoms with Gasteiger partial charge < -0.3 is 20.1 Å². The molecule has 2 heterocycles. The van der Waals surface area contributed by atoms with E-state index in [1.807, 2.05) is 42.5 Å². The van der Waals surface area contributed by atoms with E-state index < -0.39 is 0 Å². The quantitative estimate of drug-likeness (QED) is 0.256. The van der Waals surface area contributed by atoms with Gasteiger partial charge in [0.15, 0.2) is 5.13 Å². The molecule has 5 rings (SSSR count). The second kappa shape index (κ2) is 9.73. The number of fused-ring (bicyclic) bond motifs is 1. The van der Waals surface area contributed by atoms with Crippen molar-refractivity contribution in [3.8, 4) is 22.1 Å². The Hall–Kier alpha value is -3.95. The minimum absolute atomic E-state index is 0.279. The first-order chi connectivity index (χ1) is 17.0. The lowest BCUT2D eigenvalue weighted by atomic mass is 10.2. The fraction of sp³-hybridized carbons (Fsp3) is 0.115. The van der Waals surface area contributed by atoms with Crippen LogP contribution in [0.25, 0.3) is 20.8 Å². The summed E-state index contributed by atoms with van der Waals surface area (Å²) >= 11 is 3.00. The van der Waals surface area contributed by atoms with Crippen molar-refractivity contribution in [2.75, 3.05) is 24.9 Å². The van der Waals surface area contributed by atoms with Gasteiger partial charge in [0.1, 0.15) is 22.2 Å². The van der Waals surface area contributed by atoms with Gasteiger partial charge in [-0.3, -0.25) is 4.79 Å². The molecule has 0 bridgehead atoms. The molecule has 35 heavy (non-hydrogen) atoms. The Balaban J connectivity index is 1.26. The third kappa shape index (κ3) is 4.96. The van der Waals surface area contributed by atoms with Gasteiger partial charge in [-0.1, -0.05) is 6.07 Å². The highest BCUT2D eigenvalue weighted by atomic mass is 32.1. The number of methoxy groups -OCH3 is 2. The molecule has 9 heteroatoms. The number of nitrogens with zero attached hydrogens (tertiary/aromatic N) is 2. The first-order valence-electron chi connectivity index (χ1n) is 10.8. The Morgan fingerprint density at radius 2 is 1.77 bits per heavy atom. The Morgan fingerprint density at radius 3 is 2.54 bits per heavy atom. The zero-order valence-corrected chi connectivity index (χ0v) is 20.9. The molecule has 1 amide bonds. The summed E-state index contributed by atoms with van der Waals surface area (Å²) in [6.07, 6.45) is 0. The van der Waals surface area contributed by atoms with Crippen molar-refractivity contribution in [3.63, 3.8) is 0 Å². The van der Waals surface area contributed by atoms with Crippen molar-refractivity contribution in [1.82, 2.24) is 9.97 Å². The van der Waals surface area contributed by atoms with E-state index in [0.29, 0.717) is 28.0 Å². The van der Waals surface area contributed by atoms with Crippen molar-refractivity contribution in [1.29, 1.82) is 0 Å². The molecule has 0 atom stereocenters. The summed E-state index contributed by atoms with van der Waals surface area (Å²) in [6, 6.07) is 19.4. The van der Waals surface area contributed by atoms with Crippen LogP contribution in [0.1, 0.15) is 16.1 Å². The number of benzene rings is 3. The van der Waals surface area contributed by atoms with Gasteiger partial charge in [0.25, 0.3) is 5.91 Å².